The average molecular weight is 397 g/mol. The molecule has 0 aromatic carbocycles. The van der Waals surface area contributed by atoms with Crippen molar-refractivity contribution in [3.05, 3.63) is 34.6 Å². The van der Waals surface area contributed by atoms with Crippen molar-refractivity contribution in [2.24, 2.45) is 0 Å². The number of hydrogen-bond donors (Lipinski definition) is 0. The molecule has 0 N–H and O–H groups in total. The third kappa shape index (κ3) is 8.80. The normalized spacial score (nSPS) is 22.4. The van der Waals surface area contributed by atoms with E-state index >= 15 is 0 Å². The van der Waals surface area contributed by atoms with E-state index in [1.807, 2.05) is 0 Å². The van der Waals surface area contributed by atoms with Gasteiger partial charge in [0.05, 0.1) is 0 Å². The van der Waals surface area contributed by atoms with Crippen LogP contribution in [0.1, 0.15) is 19.3 Å². The first-order chi connectivity index (χ1) is 8.38. The molecule has 2 aliphatic heterocycles. The first kappa shape index (κ1) is 18.1. The minimum atomic E-state index is 0.406. The summed E-state index contributed by atoms with van der Waals surface area (Å²) >= 11 is 4.53. The topological polar surface area (TPSA) is 28.2 Å². The number of halogens is 3. The maximum absolute atomic E-state index is 4.67. The summed E-state index contributed by atoms with van der Waals surface area (Å²) in [5.74, 6) is 0. The molecular formula is C10H15Cl3Cu2N2-. The van der Waals surface area contributed by atoms with E-state index in [1.165, 1.54) is 25.0 Å². The SMILES string of the molecule is C1=CC[N-]C(C2CCCC[N-]2)=C1.[ClH+][Cu].[Cl][Cu][Cl]. The van der Waals surface area contributed by atoms with Gasteiger partial charge < -0.3 is 10.6 Å². The van der Waals surface area contributed by atoms with Gasteiger partial charge in [-0.05, 0) is 0 Å². The number of nitrogens with zero attached hydrogens (tertiary/aromatic N) is 2. The van der Waals surface area contributed by atoms with E-state index in [2.05, 4.69) is 74.3 Å². The monoisotopic (exact) mass is 394 g/mol. The Morgan fingerprint density at radius 3 is 2.53 bits per heavy atom. The van der Waals surface area contributed by atoms with Crippen LogP contribution in [0.4, 0.5) is 0 Å². The van der Waals surface area contributed by atoms with Gasteiger partial charge in [-0.15, -0.1) is 25.2 Å². The summed E-state index contributed by atoms with van der Waals surface area (Å²) in [5.41, 5.74) is 1.19. The second-order valence-electron chi connectivity index (χ2n) is 3.32. The molecule has 1 fully saturated rings. The summed E-state index contributed by atoms with van der Waals surface area (Å²) < 4.78 is 0. The van der Waals surface area contributed by atoms with E-state index in [0.29, 0.717) is 6.04 Å². The van der Waals surface area contributed by atoms with Gasteiger partial charge >= 0.3 is 58.5 Å². The van der Waals surface area contributed by atoms with Gasteiger partial charge in [-0.25, -0.2) is 0 Å². The molecule has 1 saturated heterocycles. The fourth-order valence-electron chi connectivity index (χ4n) is 1.68. The van der Waals surface area contributed by atoms with Crippen LogP contribution in [0.5, 0.6) is 0 Å². The zero-order valence-electron chi connectivity index (χ0n) is 9.01. The summed E-state index contributed by atoms with van der Waals surface area (Å²) in [6.07, 6.45) is 10.0. The van der Waals surface area contributed by atoms with Crippen molar-refractivity contribution in [3.63, 3.8) is 0 Å². The van der Waals surface area contributed by atoms with Gasteiger partial charge in [-0.1, -0.05) is 31.4 Å². The molecule has 1 atom stereocenters. The third-order valence-corrected chi connectivity index (χ3v) is 2.36. The summed E-state index contributed by atoms with van der Waals surface area (Å²) in [6, 6.07) is 0.406. The van der Waals surface area contributed by atoms with Crippen molar-refractivity contribution in [1.82, 2.24) is 0 Å². The molecule has 0 aromatic heterocycles. The molecule has 0 spiro atoms. The van der Waals surface area contributed by atoms with Gasteiger partial charge in [0.1, 0.15) is 0 Å². The zero-order valence-corrected chi connectivity index (χ0v) is 13.2. The Bertz CT molecular complexity index is 232. The fraction of sp³-hybridized carbons (Fsp3) is 0.600. The van der Waals surface area contributed by atoms with Crippen molar-refractivity contribution in [3.8, 4) is 0 Å². The Hall–Kier alpha value is 1.15. The zero-order chi connectivity index (χ0) is 12.9. The number of allylic oxidation sites excluding steroid dienone is 2. The quantitative estimate of drug-likeness (QED) is 0.602. The first-order valence-corrected chi connectivity index (χ1v) is 9.02. The molecule has 0 amide bonds. The fourth-order valence-corrected chi connectivity index (χ4v) is 1.68. The Morgan fingerprint density at radius 2 is 2.06 bits per heavy atom. The Labute approximate surface area is 131 Å². The van der Waals surface area contributed by atoms with Crippen LogP contribution < -0.4 is 0 Å². The van der Waals surface area contributed by atoms with Crippen molar-refractivity contribution in [2.45, 2.75) is 25.3 Å². The molecule has 109 valence electrons. The molecule has 2 rings (SSSR count). The third-order valence-electron chi connectivity index (χ3n) is 2.36. The van der Waals surface area contributed by atoms with Crippen molar-refractivity contribution >= 4 is 20.2 Å². The van der Waals surface area contributed by atoms with E-state index in [0.717, 1.165) is 26.2 Å². The van der Waals surface area contributed by atoms with Crippen LogP contribution >= 0.6 is 20.2 Å². The number of hydrogen-bond acceptors (Lipinski definition) is 0. The van der Waals surface area contributed by atoms with Gasteiger partial charge in [-0.2, -0.15) is 5.70 Å². The molecular weight excluding hydrogens is 382 g/mol. The van der Waals surface area contributed by atoms with Crippen LogP contribution in [-0.2, 0) is 28.2 Å². The van der Waals surface area contributed by atoms with Gasteiger partial charge in [0.15, 0.2) is 0 Å². The number of piperidine rings is 1. The van der Waals surface area contributed by atoms with Crippen LogP contribution in [0.2, 0.25) is 0 Å². The van der Waals surface area contributed by atoms with Crippen molar-refractivity contribution in [1.29, 1.82) is 0 Å². The van der Waals surface area contributed by atoms with Crippen LogP contribution in [0, 0.1) is 10.1 Å². The second kappa shape index (κ2) is 13.6. The molecule has 2 aliphatic rings. The molecule has 1 unspecified atom stereocenters. The molecule has 0 radical (unpaired) electrons. The summed E-state index contributed by atoms with van der Waals surface area (Å²) in [7, 11) is 13.0. The van der Waals surface area contributed by atoms with E-state index in [1.54, 1.807) is 0 Å². The average Bonchev–Trinajstić information content (AvgIpc) is 2.44. The minimum absolute atomic E-state index is 0.406. The standard InChI is InChI=1S/C10H14N2.3ClH.2Cu/c1-3-7-11-9(5-1)10-6-2-4-8-12-10;;;;;/h1,3,5,10H,2,4,6-8H2;3*1H;;/q-2;;;;+1;+2/p-2. The van der Waals surface area contributed by atoms with E-state index in [-0.39, 0.29) is 0 Å². The summed E-state index contributed by atoms with van der Waals surface area (Å²) in [4.78, 5) is 0. The van der Waals surface area contributed by atoms with E-state index in [4.69, 9.17) is 0 Å². The van der Waals surface area contributed by atoms with E-state index < -0.39 is 0 Å². The van der Waals surface area contributed by atoms with Crippen LogP contribution in [0.3, 0.4) is 0 Å². The van der Waals surface area contributed by atoms with Gasteiger partial charge in [0.25, 0.3) is 0 Å². The molecule has 0 saturated carbocycles. The predicted octanol–water partition coefficient (Wildman–Crippen LogP) is 3.85. The molecule has 7 heteroatoms. The summed E-state index contributed by atoms with van der Waals surface area (Å²) in [6.45, 7) is 1.87. The molecule has 17 heavy (non-hydrogen) atoms. The molecule has 0 aromatic rings. The molecule has 2 heterocycles. The van der Waals surface area contributed by atoms with Crippen LogP contribution in [0.15, 0.2) is 23.9 Å². The number of rotatable bonds is 1. The Morgan fingerprint density at radius 1 is 1.35 bits per heavy atom. The van der Waals surface area contributed by atoms with Gasteiger partial charge in [-0.3, -0.25) is 0 Å². The maximum atomic E-state index is 4.67. The van der Waals surface area contributed by atoms with E-state index in [9.17, 15) is 0 Å². The Kier molecular flexibility index (Phi) is 14.5. The molecule has 0 bridgehead atoms. The van der Waals surface area contributed by atoms with Crippen LogP contribution in [0.25, 0.3) is 10.6 Å². The Balaban J connectivity index is 0.000000450. The van der Waals surface area contributed by atoms with Crippen molar-refractivity contribution < 1.29 is 38.3 Å². The predicted molar refractivity (Wildman–Crippen MR) is 64.4 cm³/mol. The molecule has 0 aliphatic carbocycles. The van der Waals surface area contributed by atoms with Gasteiger partial charge in [0, 0.05) is 0 Å². The van der Waals surface area contributed by atoms with Gasteiger partial charge in [0.2, 0.25) is 0 Å². The van der Waals surface area contributed by atoms with Crippen LogP contribution in [-0.4, -0.2) is 19.1 Å². The second-order valence-corrected chi connectivity index (χ2v) is 4.88. The first-order valence-electron chi connectivity index (χ1n) is 5.03. The summed E-state index contributed by atoms with van der Waals surface area (Å²) in [5, 5.41) is 8.99. The van der Waals surface area contributed by atoms with Crippen molar-refractivity contribution in [2.75, 3.05) is 13.1 Å². The molecule has 2 nitrogen and oxygen atoms in total.